The average molecular weight is 469 g/mol. The molecule has 2 aliphatic rings. The number of morpholine rings is 1. The van der Waals surface area contributed by atoms with Crippen molar-refractivity contribution in [2.75, 3.05) is 33.4 Å². The molecule has 0 saturated carbocycles. The minimum Gasteiger partial charge on any atom is -0.497 e. The Bertz CT molecular complexity index is 954. The third-order valence-corrected chi connectivity index (χ3v) is 4.96. The first kappa shape index (κ1) is 24.4. The van der Waals surface area contributed by atoms with E-state index in [1.54, 1.807) is 0 Å². The van der Waals surface area contributed by atoms with Gasteiger partial charge in [-0.05, 0) is 38.1 Å². The van der Waals surface area contributed by atoms with Crippen molar-refractivity contribution in [2.45, 2.75) is 38.6 Å². The van der Waals surface area contributed by atoms with Crippen LogP contribution in [0.3, 0.4) is 0 Å². The number of amides is 1. The molecular formula is C22H25F2NO8. The summed E-state index contributed by atoms with van der Waals surface area (Å²) in [4.78, 5) is 38.5. The highest BCUT2D eigenvalue weighted by Gasteiger charge is 2.64. The van der Waals surface area contributed by atoms with Crippen LogP contribution >= 0.6 is 0 Å². The SMILES string of the molecule is COc1ccc(C2(OC(C)=O)OC(=O)C(C(F)(F)C(=O)N3CCOCC3)=C2OC(C)C)cc1. The summed E-state index contributed by atoms with van der Waals surface area (Å²) >= 11 is 0. The Kier molecular flexibility index (Phi) is 6.92. The average Bonchev–Trinajstić information content (AvgIpc) is 3.04. The molecule has 0 N–H and O–H groups in total. The number of ether oxygens (including phenoxy) is 5. The van der Waals surface area contributed by atoms with Gasteiger partial charge in [-0.1, -0.05) is 0 Å². The van der Waals surface area contributed by atoms with Gasteiger partial charge in [0.25, 0.3) is 5.91 Å². The summed E-state index contributed by atoms with van der Waals surface area (Å²) in [5.74, 6) is -11.1. The molecule has 0 bridgehead atoms. The Hall–Kier alpha value is -3.21. The van der Waals surface area contributed by atoms with E-state index in [0.29, 0.717) is 5.75 Å². The zero-order valence-corrected chi connectivity index (χ0v) is 18.7. The number of benzene rings is 1. The topological polar surface area (TPSA) is 101 Å². The van der Waals surface area contributed by atoms with E-state index in [1.165, 1.54) is 45.2 Å². The molecule has 1 aromatic carbocycles. The van der Waals surface area contributed by atoms with Gasteiger partial charge in [-0.2, -0.15) is 8.78 Å². The minimum atomic E-state index is -4.31. The number of hydrogen-bond acceptors (Lipinski definition) is 8. The smallest absolute Gasteiger partial charge is 0.360 e. The summed E-state index contributed by atoms with van der Waals surface area (Å²) in [5, 5.41) is 0. The summed E-state index contributed by atoms with van der Waals surface area (Å²) in [5.41, 5.74) is -1.29. The van der Waals surface area contributed by atoms with Gasteiger partial charge in [0.2, 0.25) is 5.76 Å². The Labute approximate surface area is 189 Å². The molecule has 1 atom stereocenters. The molecule has 1 unspecified atom stereocenters. The minimum absolute atomic E-state index is 0.0205. The first-order chi connectivity index (χ1) is 15.5. The number of esters is 2. The molecule has 1 amide bonds. The van der Waals surface area contributed by atoms with Crippen LogP contribution in [0.5, 0.6) is 5.75 Å². The van der Waals surface area contributed by atoms with E-state index < -0.39 is 47.0 Å². The van der Waals surface area contributed by atoms with E-state index in [2.05, 4.69) is 0 Å². The monoisotopic (exact) mass is 469 g/mol. The summed E-state index contributed by atoms with van der Waals surface area (Å²) < 4.78 is 57.5. The van der Waals surface area contributed by atoms with E-state index >= 15 is 8.78 Å². The highest BCUT2D eigenvalue weighted by Crippen LogP contribution is 2.48. The van der Waals surface area contributed by atoms with Gasteiger partial charge in [0.1, 0.15) is 5.75 Å². The molecule has 1 fully saturated rings. The number of rotatable bonds is 7. The number of halogens is 2. The van der Waals surface area contributed by atoms with Crippen LogP contribution in [0.4, 0.5) is 8.78 Å². The van der Waals surface area contributed by atoms with Crippen LogP contribution in [-0.4, -0.2) is 68.2 Å². The van der Waals surface area contributed by atoms with Crippen molar-refractivity contribution >= 4 is 17.8 Å². The van der Waals surface area contributed by atoms with E-state index in [9.17, 15) is 14.4 Å². The zero-order chi connectivity index (χ0) is 24.4. The van der Waals surface area contributed by atoms with Gasteiger partial charge in [0, 0.05) is 25.6 Å². The second-order valence-corrected chi connectivity index (χ2v) is 7.68. The standard InChI is InChI=1S/C22H25F2NO8/c1-13(2)31-18-17(21(23,24)20(28)25-9-11-30-12-10-25)19(27)33-22(18,32-14(3)26)15-5-7-16(29-4)8-6-15/h5-8,13H,9-12H2,1-4H3. The third kappa shape index (κ3) is 4.63. The predicted molar refractivity (Wildman–Crippen MR) is 108 cm³/mol. The van der Waals surface area contributed by atoms with Crippen LogP contribution < -0.4 is 4.74 Å². The molecule has 0 spiro atoms. The predicted octanol–water partition coefficient (Wildman–Crippen LogP) is 2.14. The molecule has 9 nitrogen and oxygen atoms in total. The normalized spacial score (nSPS) is 21.2. The Morgan fingerprint density at radius 3 is 2.27 bits per heavy atom. The molecular weight excluding hydrogens is 444 g/mol. The van der Waals surface area contributed by atoms with Crippen molar-refractivity contribution < 1.29 is 46.8 Å². The van der Waals surface area contributed by atoms with Crippen LogP contribution in [0, 0.1) is 0 Å². The highest BCUT2D eigenvalue weighted by molar-refractivity contribution is 6.03. The molecule has 0 radical (unpaired) electrons. The molecule has 11 heteroatoms. The number of cyclic esters (lactones) is 1. The van der Waals surface area contributed by atoms with Crippen molar-refractivity contribution in [1.82, 2.24) is 4.90 Å². The molecule has 2 heterocycles. The maximum Gasteiger partial charge on any atom is 0.360 e. The second-order valence-electron chi connectivity index (χ2n) is 7.68. The van der Waals surface area contributed by atoms with Crippen LogP contribution in [0.2, 0.25) is 0 Å². The van der Waals surface area contributed by atoms with Crippen LogP contribution in [0.15, 0.2) is 35.6 Å². The Morgan fingerprint density at radius 2 is 1.76 bits per heavy atom. The van der Waals surface area contributed by atoms with Gasteiger partial charge in [0.15, 0.2) is 5.57 Å². The van der Waals surface area contributed by atoms with E-state index in [0.717, 1.165) is 11.8 Å². The molecule has 1 saturated heterocycles. The lowest BCUT2D eigenvalue weighted by atomic mass is 9.98. The highest BCUT2D eigenvalue weighted by atomic mass is 19.3. The van der Waals surface area contributed by atoms with Crippen molar-refractivity contribution in [3.05, 3.63) is 41.2 Å². The fourth-order valence-corrected chi connectivity index (χ4v) is 3.53. The van der Waals surface area contributed by atoms with E-state index in [-0.39, 0.29) is 31.9 Å². The van der Waals surface area contributed by atoms with E-state index in [1.807, 2.05) is 0 Å². The lowest BCUT2D eigenvalue weighted by Gasteiger charge is -2.31. The van der Waals surface area contributed by atoms with E-state index in [4.69, 9.17) is 23.7 Å². The Balaban J connectivity index is 2.19. The first-order valence-corrected chi connectivity index (χ1v) is 10.3. The van der Waals surface area contributed by atoms with Gasteiger partial charge < -0.3 is 28.6 Å². The number of nitrogens with zero attached hydrogens (tertiary/aromatic N) is 1. The van der Waals surface area contributed by atoms with Gasteiger partial charge in [-0.3, -0.25) is 9.59 Å². The lowest BCUT2D eigenvalue weighted by Crippen LogP contribution is -2.50. The quantitative estimate of drug-likeness (QED) is 0.560. The first-order valence-electron chi connectivity index (χ1n) is 10.3. The summed E-state index contributed by atoms with van der Waals surface area (Å²) in [6, 6.07) is 5.69. The maximum atomic E-state index is 15.5. The number of carbonyl (C=O) groups excluding carboxylic acids is 3. The number of carbonyl (C=O) groups is 3. The van der Waals surface area contributed by atoms with Gasteiger partial charge in [-0.25, -0.2) is 4.79 Å². The third-order valence-electron chi connectivity index (χ3n) is 4.96. The molecule has 1 aromatic rings. The van der Waals surface area contributed by atoms with Crippen LogP contribution in [0.1, 0.15) is 26.3 Å². The molecule has 33 heavy (non-hydrogen) atoms. The fourth-order valence-electron chi connectivity index (χ4n) is 3.53. The van der Waals surface area contributed by atoms with Crippen molar-refractivity contribution in [2.24, 2.45) is 0 Å². The summed E-state index contributed by atoms with van der Waals surface area (Å²) in [6.07, 6.45) is -0.730. The van der Waals surface area contributed by atoms with Crippen molar-refractivity contribution in [3.63, 3.8) is 0 Å². The lowest BCUT2D eigenvalue weighted by molar-refractivity contribution is -0.221. The molecule has 3 rings (SSSR count). The second kappa shape index (κ2) is 9.34. The number of hydrogen-bond donors (Lipinski definition) is 0. The zero-order valence-electron chi connectivity index (χ0n) is 18.7. The van der Waals surface area contributed by atoms with Crippen molar-refractivity contribution in [3.8, 4) is 5.75 Å². The van der Waals surface area contributed by atoms with Crippen LogP contribution in [0.25, 0.3) is 0 Å². The van der Waals surface area contributed by atoms with Crippen LogP contribution in [-0.2, 0) is 39.1 Å². The summed E-state index contributed by atoms with van der Waals surface area (Å²) in [6.45, 7) is 4.13. The van der Waals surface area contributed by atoms with Crippen molar-refractivity contribution in [1.29, 1.82) is 0 Å². The molecule has 0 aromatic heterocycles. The van der Waals surface area contributed by atoms with Gasteiger partial charge in [-0.15, -0.1) is 0 Å². The molecule has 2 aliphatic heterocycles. The number of alkyl halides is 2. The molecule has 0 aliphatic carbocycles. The summed E-state index contributed by atoms with van der Waals surface area (Å²) in [7, 11) is 1.43. The Morgan fingerprint density at radius 1 is 1.15 bits per heavy atom. The molecule has 180 valence electrons. The fraction of sp³-hybridized carbons (Fsp3) is 0.500. The number of methoxy groups -OCH3 is 1. The largest absolute Gasteiger partial charge is 0.497 e. The van der Waals surface area contributed by atoms with Gasteiger partial charge >= 0.3 is 23.6 Å². The maximum absolute atomic E-state index is 15.5. The van der Waals surface area contributed by atoms with Gasteiger partial charge in [0.05, 0.1) is 26.4 Å².